The molecule has 0 aliphatic carbocycles. The Balaban J connectivity index is 1.53. The van der Waals surface area contributed by atoms with Crippen LogP contribution < -0.4 is 9.47 Å². The molecule has 0 aromatic heterocycles. The number of hydrogen-bond acceptors (Lipinski definition) is 6. The predicted octanol–water partition coefficient (Wildman–Crippen LogP) is 3.98. The van der Waals surface area contributed by atoms with Gasteiger partial charge in [0.1, 0.15) is 5.76 Å². The lowest BCUT2D eigenvalue weighted by Gasteiger charge is -2.31. The fourth-order valence-electron chi connectivity index (χ4n) is 4.73. The van der Waals surface area contributed by atoms with Crippen molar-refractivity contribution in [1.29, 1.82) is 0 Å². The van der Waals surface area contributed by atoms with Gasteiger partial charge in [0.25, 0.3) is 11.7 Å². The van der Waals surface area contributed by atoms with E-state index in [9.17, 15) is 14.7 Å². The molecular formula is C25H25ClN2O5. The van der Waals surface area contributed by atoms with Crippen molar-refractivity contribution in [1.82, 2.24) is 9.80 Å². The van der Waals surface area contributed by atoms with E-state index in [1.807, 2.05) is 0 Å². The number of piperidine rings is 1. The standard InChI is InChI=1S/C25H25ClN2O5/c26-18-7-4-16(5-8-18)22-21(23(29)17-6-9-19-20(14-17)33-15-32-19)24(30)25(31)28(22)13-12-27-10-2-1-3-11-27/h4-9,14,22,29H,1-3,10-13,15H2/b23-21+. The van der Waals surface area contributed by atoms with Crippen LogP contribution in [0.5, 0.6) is 11.5 Å². The Morgan fingerprint density at radius 3 is 2.45 bits per heavy atom. The number of amides is 1. The Labute approximate surface area is 197 Å². The van der Waals surface area contributed by atoms with Crippen LogP contribution in [0, 0.1) is 0 Å². The number of carbonyl (C=O) groups is 2. The van der Waals surface area contributed by atoms with Crippen LogP contribution in [0.1, 0.15) is 36.4 Å². The van der Waals surface area contributed by atoms with Crippen LogP contribution in [0.2, 0.25) is 5.02 Å². The van der Waals surface area contributed by atoms with E-state index >= 15 is 0 Å². The van der Waals surface area contributed by atoms with Crippen LogP contribution in [0.15, 0.2) is 48.0 Å². The van der Waals surface area contributed by atoms with Crippen molar-refractivity contribution < 1.29 is 24.2 Å². The highest BCUT2D eigenvalue weighted by Gasteiger charge is 2.46. The number of rotatable bonds is 5. The molecule has 1 amide bonds. The molecule has 2 saturated heterocycles. The minimum absolute atomic E-state index is 0.0693. The van der Waals surface area contributed by atoms with E-state index in [1.165, 1.54) is 6.42 Å². The first kappa shape index (κ1) is 21.8. The van der Waals surface area contributed by atoms with E-state index in [4.69, 9.17) is 21.1 Å². The number of fused-ring (bicyclic) bond motifs is 1. The van der Waals surface area contributed by atoms with Gasteiger partial charge in [-0.25, -0.2) is 0 Å². The number of ketones is 1. The van der Waals surface area contributed by atoms with Crippen molar-refractivity contribution in [3.63, 3.8) is 0 Å². The highest BCUT2D eigenvalue weighted by molar-refractivity contribution is 6.46. The number of halogens is 1. The lowest BCUT2D eigenvalue weighted by molar-refractivity contribution is -0.140. The number of aliphatic hydroxyl groups is 1. The quantitative estimate of drug-likeness (QED) is 0.406. The van der Waals surface area contributed by atoms with E-state index in [-0.39, 0.29) is 18.1 Å². The number of likely N-dealkylation sites (tertiary alicyclic amines) is 2. The third-order valence-electron chi connectivity index (χ3n) is 6.48. The molecule has 1 atom stereocenters. The first-order chi connectivity index (χ1) is 16.0. The van der Waals surface area contributed by atoms with Crippen LogP contribution >= 0.6 is 11.6 Å². The maximum Gasteiger partial charge on any atom is 0.295 e. The van der Waals surface area contributed by atoms with Gasteiger partial charge < -0.3 is 24.4 Å². The van der Waals surface area contributed by atoms with Gasteiger partial charge in [-0.3, -0.25) is 9.59 Å². The van der Waals surface area contributed by atoms with Crippen LogP contribution in [-0.4, -0.2) is 59.6 Å². The molecule has 33 heavy (non-hydrogen) atoms. The third kappa shape index (κ3) is 4.18. The fraction of sp³-hybridized carbons (Fsp3) is 0.360. The number of nitrogens with zero attached hydrogens (tertiary/aromatic N) is 2. The second-order valence-electron chi connectivity index (χ2n) is 8.51. The van der Waals surface area contributed by atoms with Crippen molar-refractivity contribution in [2.75, 3.05) is 33.0 Å². The average Bonchev–Trinajstić information content (AvgIpc) is 3.41. The van der Waals surface area contributed by atoms with Crippen LogP contribution in [-0.2, 0) is 9.59 Å². The van der Waals surface area contributed by atoms with Crippen molar-refractivity contribution in [2.45, 2.75) is 25.3 Å². The monoisotopic (exact) mass is 468 g/mol. The van der Waals surface area contributed by atoms with Gasteiger partial charge in [0, 0.05) is 23.7 Å². The summed E-state index contributed by atoms with van der Waals surface area (Å²) in [5.74, 6) is -0.464. The molecule has 5 rings (SSSR count). The normalized spacial score (nSPS) is 22.2. The molecule has 1 unspecified atom stereocenters. The van der Waals surface area contributed by atoms with Gasteiger partial charge in [-0.15, -0.1) is 0 Å². The van der Waals surface area contributed by atoms with Gasteiger partial charge in [0.05, 0.1) is 11.6 Å². The van der Waals surface area contributed by atoms with Crippen LogP contribution in [0.25, 0.3) is 5.76 Å². The molecule has 0 radical (unpaired) electrons. The average molecular weight is 469 g/mol. The summed E-state index contributed by atoms with van der Waals surface area (Å²) in [6.07, 6.45) is 3.51. The van der Waals surface area contributed by atoms with Crippen molar-refractivity contribution in [2.24, 2.45) is 0 Å². The summed E-state index contributed by atoms with van der Waals surface area (Å²) in [7, 11) is 0. The van der Waals surface area contributed by atoms with Gasteiger partial charge in [-0.1, -0.05) is 30.2 Å². The SMILES string of the molecule is O=C1C(=O)N(CCN2CCCCC2)C(c2ccc(Cl)cc2)/C1=C(\O)c1ccc2c(c1)OCO2. The first-order valence-corrected chi connectivity index (χ1v) is 11.6. The Bertz CT molecular complexity index is 1110. The molecule has 0 spiro atoms. The van der Waals surface area contributed by atoms with Gasteiger partial charge in [0.15, 0.2) is 11.5 Å². The van der Waals surface area contributed by atoms with Crippen LogP contribution in [0.4, 0.5) is 0 Å². The third-order valence-corrected chi connectivity index (χ3v) is 6.73. The summed E-state index contributed by atoms with van der Waals surface area (Å²) in [6, 6.07) is 11.3. The molecule has 0 bridgehead atoms. The minimum Gasteiger partial charge on any atom is -0.507 e. The van der Waals surface area contributed by atoms with E-state index < -0.39 is 17.7 Å². The Morgan fingerprint density at radius 2 is 1.70 bits per heavy atom. The molecule has 2 aromatic rings. The Morgan fingerprint density at radius 1 is 0.970 bits per heavy atom. The first-order valence-electron chi connectivity index (χ1n) is 11.2. The number of aliphatic hydroxyl groups excluding tert-OH is 1. The number of hydrogen-bond donors (Lipinski definition) is 1. The van der Waals surface area contributed by atoms with Gasteiger partial charge in [0.2, 0.25) is 6.79 Å². The van der Waals surface area contributed by atoms with E-state index in [0.717, 1.165) is 31.5 Å². The van der Waals surface area contributed by atoms with E-state index in [0.29, 0.717) is 35.2 Å². The van der Waals surface area contributed by atoms with Crippen molar-refractivity contribution in [3.05, 3.63) is 64.2 Å². The van der Waals surface area contributed by atoms with Crippen molar-refractivity contribution >= 4 is 29.1 Å². The summed E-state index contributed by atoms with van der Waals surface area (Å²) in [4.78, 5) is 30.2. The summed E-state index contributed by atoms with van der Waals surface area (Å²) in [5, 5.41) is 11.8. The predicted molar refractivity (Wildman–Crippen MR) is 123 cm³/mol. The van der Waals surface area contributed by atoms with Gasteiger partial charge >= 0.3 is 0 Å². The molecule has 3 heterocycles. The Kier molecular flexibility index (Phi) is 6.00. The number of ether oxygens (including phenoxy) is 2. The molecule has 3 aliphatic heterocycles. The number of Topliss-reactive ketones (excluding diaryl/α,β-unsaturated/α-hetero) is 1. The van der Waals surface area contributed by atoms with E-state index in [2.05, 4.69) is 4.90 Å². The summed E-state index contributed by atoms with van der Waals surface area (Å²) in [6.45, 7) is 3.17. The molecule has 2 fully saturated rings. The lowest BCUT2D eigenvalue weighted by atomic mass is 9.95. The zero-order valence-electron chi connectivity index (χ0n) is 18.1. The topological polar surface area (TPSA) is 79.3 Å². The maximum absolute atomic E-state index is 13.2. The molecule has 1 N–H and O–H groups in total. The largest absolute Gasteiger partial charge is 0.507 e. The molecular weight excluding hydrogens is 444 g/mol. The zero-order chi connectivity index (χ0) is 22.9. The molecule has 2 aromatic carbocycles. The smallest absolute Gasteiger partial charge is 0.295 e. The minimum atomic E-state index is -0.697. The lowest BCUT2D eigenvalue weighted by Crippen LogP contribution is -2.39. The summed E-state index contributed by atoms with van der Waals surface area (Å²) < 4.78 is 10.8. The summed E-state index contributed by atoms with van der Waals surface area (Å²) in [5.41, 5.74) is 1.19. The fourth-order valence-corrected chi connectivity index (χ4v) is 4.86. The summed E-state index contributed by atoms with van der Waals surface area (Å²) >= 11 is 6.08. The van der Waals surface area contributed by atoms with Gasteiger partial charge in [-0.2, -0.15) is 0 Å². The van der Waals surface area contributed by atoms with Crippen LogP contribution in [0.3, 0.4) is 0 Å². The highest BCUT2D eigenvalue weighted by Crippen LogP contribution is 2.41. The maximum atomic E-state index is 13.2. The Hall–Kier alpha value is -3.03. The zero-order valence-corrected chi connectivity index (χ0v) is 18.9. The molecule has 7 nitrogen and oxygen atoms in total. The van der Waals surface area contributed by atoms with E-state index in [1.54, 1.807) is 47.4 Å². The second-order valence-corrected chi connectivity index (χ2v) is 8.95. The molecule has 8 heteroatoms. The number of carbonyl (C=O) groups excluding carboxylic acids is 2. The molecule has 0 saturated carbocycles. The van der Waals surface area contributed by atoms with Crippen molar-refractivity contribution in [3.8, 4) is 11.5 Å². The number of benzene rings is 2. The molecule has 3 aliphatic rings. The molecule has 172 valence electrons. The highest BCUT2D eigenvalue weighted by atomic mass is 35.5. The second kappa shape index (κ2) is 9.08. The van der Waals surface area contributed by atoms with Gasteiger partial charge in [-0.05, 0) is 61.8 Å².